The Morgan fingerprint density at radius 2 is 1.93 bits per heavy atom. The highest BCUT2D eigenvalue weighted by Crippen LogP contribution is 2.39. The molecule has 0 spiro atoms. The molecule has 9 nitrogen and oxygen atoms in total. The van der Waals surface area contributed by atoms with Crippen LogP contribution in [0.25, 0.3) is 0 Å². The van der Waals surface area contributed by atoms with Gasteiger partial charge in [-0.05, 0) is 36.8 Å². The summed E-state index contributed by atoms with van der Waals surface area (Å²) < 4.78 is 12.3. The molecule has 30 heavy (non-hydrogen) atoms. The summed E-state index contributed by atoms with van der Waals surface area (Å²) in [5.41, 5.74) is 1.36. The zero-order valence-corrected chi connectivity index (χ0v) is 16.9. The van der Waals surface area contributed by atoms with Gasteiger partial charge in [0.2, 0.25) is 11.9 Å². The van der Waals surface area contributed by atoms with E-state index < -0.39 is 12.0 Å². The maximum Gasteiger partial charge on any atom is 0.232 e. The largest absolute Gasteiger partial charge is 0.504 e. The van der Waals surface area contributed by atoms with Crippen molar-refractivity contribution in [2.75, 3.05) is 24.9 Å². The van der Waals surface area contributed by atoms with Crippen molar-refractivity contribution in [3.05, 3.63) is 54.4 Å². The highest BCUT2D eigenvalue weighted by Gasteiger charge is 2.41. The van der Waals surface area contributed by atoms with E-state index in [9.17, 15) is 9.90 Å². The van der Waals surface area contributed by atoms with Gasteiger partial charge < -0.3 is 25.2 Å². The molecule has 0 unspecified atom stereocenters. The van der Waals surface area contributed by atoms with Crippen LogP contribution in [-0.2, 0) is 4.79 Å². The molecule has 2 heterocycles. The molecule has 0 fully saturated rings. The van der Waals surface area contributed by atoms with Crippen LogP contribution in [0.3, 0.4) is 0 Å². The molecule has 0 saturated heterocycles. The number of rotatable bonds is 5. The average molecular weight is 409 g/mol. The molecule has 3 aromatic rings. The first-order valence-corrected chi connectivity index (χ1v) is 9.50. The summed E-state index contributed by atoms with van der Waals surface area (Å²) >= 11 is 0. The van der Waals surface area contributed by atoms with Gasteiger partial charge in [0.1, 0.15) is 12.1 Å². The Labute approximate surface area is 173 Å². The maximum atomic E-state index is 13.4. The number of anilines is 2. The number of hydrogen-bond acceptors (Lipinski definition) is 7. The van der Waals surface area contributed by atoms with Gasteiger partial charge in [0.25, 0.3) is 0 Å². The SMILES string of the molecule is COc1cc([C@@H]2[C@@H](C(=O)Nc3ccccc3OC)[C@H](C)Nc3ncnn32)ccc1O. The van der Waals surface area contributed by atoms with Crippen LogP contribution < -0.4 is 20.1 Å². The van der Waals surface area contributed by atoms with Gasteiger partial charge in [-0.2, -0.15) is 10.1 Å². The van der Waals surface area contributed by atoms with Gasteiger partial charge in [0.05, 0.1) is 31.9 Å². The molecule has 4 rings (SSSR count). The average Bonchev–Trinajstić information content (AvgIpc) is 3.21. The standard InChI is InChI=1S/C21H23N5O4/c1-12-18(20(28)25-14-6-4-5-7-16(14)29-2)19(26-21(24-12)22-11-23-26)13-8-9-15(27)17(10-13)30-3/h4-12,18-19,27H,1-3H3,(H,25,28)(H,22,23,24)/t12-,18-,19+/m0/s1. The van der Waals surface area contributed by atoms with E-state index in [2.05, 4.69) is 20.7 Å². The number of amides is 1. The molecule has 1 amide bonds. The van der Waals surface area contributed by atoms with Crippen molar-refractivity contribution in [3.63, 3.8) is 0 Å². The van der Waals surface area contributed by atoms with E-state index in [1.54, 1.807) is 42.1 Å². The van der Waals surface area contributed by atoms with Crippen molar-refractivity contribution in [2.24, 2.45) is 5.92 Å². The van der Waals surface area contributed by atoms with Crippen molar-refractivity contribution >= 4 is 17.5 Å². The van der Waals surface area contributed by atoms with Crippen LogP contribution in [-0.4, -0.2) is 46.0 Å². The number of methoxy groups -OCH3 is 2. The minimum Gasteiger partial charge on any atom is -0.504 e. The number of phenols is 1. The van der Waals surface area contributed by atoms with Crippen LogP contribution in [0.15, 0.2) is 48.8 Å². The summed E-state index contributed by atoms with van der Waals surface area (Å²) in [6, 6.07) is 11.6. The van der Waals surface area contributed by atoms with Crippen molar-refractivity contribution in [1.29, 1.82) is 0 Å². The number of aromatic hydroxyl groups is 1. The van der Waals surface area contributed by atoms with Crippen molar-refractivity contribution < 1.29 is 19.4 Å². The quantitative estimate of drug-likeness (QED) is 0.594. The van der Waals surface area contributed by atoms with Crippen molar-refractivity contribution in [2.45, 2.75) is 19.0 Å². The van der Waals surface area contributed by atoms with Gasteiger partial charge in [-0.3, -0.25) is 4.79 Å². The molecule has 0 bridgehead atoms. The number of aromatic nitrogens is 3. The van der Waals surface area contributed by atoms with Gasteiger partial charge in [-0.25, -0.2) is 4.68 Å². The molecule has 156 valence electrons. The Bertz CT molecular complexity index is 1070. The first kappa shape index (κ1) is 19.6. The normalized spacial score (nSPS) is 20.0. The van der Waals surface area contributed by atoms with Crippen LogP contribution in [0.2, 0.25) is 0 Å². The van der Waals surface area contributed by atoms with Gasteiger partial charge in [-0.15, -0.1) is 0 Å². The molecular formula is C21H23N5O4. The second-order valence-electron chi connectivity index (χ2n) is 7.05. The molecule has 0 saturated carbocycles. The number of benzene rings is 2. The minimum atomic E-state index is -0.529. The number of hydrogen-bond donors (Lipinski definition) is 3. The van der Waals surface area contributed by atoms with Crippen LogP contribution >= 0.6 is 0 Å². The fourth-order valence-electron chi connectivity index (χ4n) is 3.84. The van der Waals surface area contributed by atoms with E-state index in [0.29, 0.717) is 23.1 Å². The fourth-order valence-corrected chi connectivity index (χ4v) is 3.84. The zero-order chi connectivity index (χ0) is 21.3. The van der Waals surface area contributed by atoms with E-state index in [1.165, 1.54) is 13.4 Å². The van der Waals surface area contributed by atoms with E-state index in [0.717, 1.165) is 5.56 Å². The number of carbonyl (C=O) groups excluding carboxylic acids is 1. The first-order valence-electron chi connectivity index (χ1n) is 9.50. The van der Waals surface area contributed by atoms with Gasteiger partial charge >= 0.3 is 0 Å². The lowest BCUT2D eigenvalue weighted by Crippen LogP contribution is -2.46. The van der Waals surface area contributed by atoms with Crippen molar-refractivity contribution in [3.8, 4) is 17.2 Å². The Morgan fingerprint density at radius 1 is 1.17 bits per heavy atom. The summed E-state index contributed by atoms with van der Waals surface area (Å²) in [7, 11) is 3.04. The van der Waals surface area contributed by atoms with Gasteiger partial charge in [0.15, 0.2) is 11.5 Å². The summed E-state index contributed by atoms with van der Waals surface area (Å²) in [4.78, 5) is 17.7. The molecule has 1 aromatic heterocycles. The Kier molecular flexibility index (Phi) is 5.18. The zero-order valence-electron chi connectivity index (χ0n) is 16.9. The topological polar surface area (TPSA) is 111 Å². The summed E-state index contributed by atoms with van der Waals surface area (Å²) in [5, 5.41) is 20.6. The van der Waals surface area contributed by atoms with Gasteiger partial charge in [-0.1, -0.05) is 18.2 Å². The number of ether oxygens (including phenoxy) is 2. The number of para-hydroxylation sites is 2. The van der Waals surface area contributed by atoms with E-state index in [4.69, 9.17) is 9.47 Å². The molecule has 3 N–H and O–H groups in total. The molecular weight excluding hydrogens is 386 g/mol. The molecule has 1 aliphatic rings. The van der Waals surface area contributed by atoms with Crippen LogP contribution in [0.1, 0.15) is 18.5 Å². The third kappa shape index (κ3) is 3.38. The predicted octanol–water partition coefficient (Wildman–Crippen LogP) is 2.66. The molecule has 0 radical (unpaired) electrons. The molecule has 1 aliphatic heterocycles. The van der Waals surface area contributed by atoms with Crippen molar-refractivity contribution in [1.82, 2.24) is 14.8 Å². The fraction of sp³-hybridized carbons (Fsp3) is 0.286. The van der Waals surface area contributed by atoms with Crippen LogP contribution in [0.5, 0.6) is 17.2 Å². The minimum absolute atomic E-state index is 0.0251. The maximum absolute atomic E-state index is 13.4. The third-order valence-electron chi connectivity index (χ3n) is 5.29. The highest BCUT2D eigenvalue weighted by molar-refractivity contribution is 5.95. The van der Waals surface area contributed by atoms with E-state index in [1.807, 2.05) is 19.1 Å². The number of nitrogens with zero attached hydrogens (tertiary/aromatic N) is 3. The Morgan fingerprint density at radius 3 is 2.70 bits per heavy atom. The first-order chi connectivity index (χ1) is 14.5. The number of nitrogens with one attached hydrogen (secondary N) is 2. The van der Waals surface area contributed by atoms with Gasteiger partial charge in [0, 0.05) is 6.04 Å². The van der Waals surface area contributed by atoms with Crippen LogP contribution in [0.4, 0.5) is 11.6 Å². The van der Waals surface area contributed by atoms with E-state index >= 15 is 0 Å². The smallest absolute Gasteiger partial charge is 0.232 e. The number of phenolic OH excluding ortho intramolecular Hbond substituents is 1. The summed E-state index contributed by atoms with van der Waals surface area (Å²) in [6.07, 6.45) is 1.44. The third-order valence-corrected chi connectivity index (χ3v) is 5.29. The summed E-state index contributed by atoms with van der Waals surface area (Å²) in [5.74, 6) is 0.768. The Balaban J connectivity index is 1.75. The summed E-state index contributed by atoms with van der Waals surface area (Å²) in [6.45, 7) is 1.93. The lowest BCUT2D eigenvalue weighted by molar-refractivity contribution is -0.121. The molecule has 3 atom stereocenters. The lowest BCUT2D eigenvalue weighted by atomic mass is 9.85. The second kappa shape index (κ2) is 7.94. The predicted molar refractivity (Wildman–Crippen MR) is 111 cm³/mol. The van der Waals surface area contributed by atoms with E-state index in [-0.39, 0.29) is 17.7 Å². The number of fused-ring (bicyclic) bond motifs is 1. The molecule has 0 aliphatic carbocycles. The molecule has 2 aromatic carbocycles. The Hall–Kier alpha value is -3.75. The monoisotopic (exact) mass is 409 g/mol. The molecule has 9 heteroatoms. The highest BCUT2D eigenvalue weighted by atomic mass is 16.5. The van der Waals surface area contributed by atoms with Crippen LogP contribution in [0, 0.1) is 5.92 Å². The second-order valence-corrected chi connectivity index (χ2v) is 7.05. The lowest BCUT2D eigenvalue weighted by Gasteiger charge is -2.37. The number of carbonyl (C=O) groups is 1.